The normalized spacial score (nSPS) is 23.6. The van der Waals surface area contributed by atoms with Crippen LogP contribution in [-0.4, -0.2) is 98.0 Å². The molecule has 3 saturated heterocycles. The first-order valence-electron chi connectivity index (χ1n) is 20.2. The Hall–Kier alpha value is -3.69. The predicted octanol–water partition coefficient (Wildman–Crippen LogP) is 7.92. The van der Waals surface area contributed by atoms with E-state index in [9.17, 15) is 26.4 Å². The average Bonchev–Trinajstić information content (AvgIpc) is 3.99. The van der Waals surface area contributed by atoms with Gasteiger partial charge in [-0.05, 0) is 105 Å². The summed E-state index contributed by atoms with van der Waals surface area (Å²) >= 11 is 0. The molecular weight excluding hydrogens is 758 g/mol. The number of ether oxygens (including phenoxy) is 3. The number of halogens is 3. The number of likely N-dealkylation sites (tertiary alicyclic amines) is 1. The number of alkyl halides is 3. The van der Waals surface area contributed by atoms with Gasteiger partial charge in [-0.3, -0.25) is 9.80 Å². The van der Waals surface area contributed by atoms with Crippen LogP contribution in [0.2, 0.25) is 0 Å². The number of alkyl carbamates (subject to hydrolysis) is 1. The fraction of sp³-hybridized carbons (Fsp3) is 0.558. The Morgan fingerprint density at radius 3 is 2.04 bits per heavy atom. The fourth-order valence-electron chi connectivity index (χ4n) is 8.48. The molecule has 0 bridgehead atoms. The van der Waals surface area contributed by atoms with E-state index in [1.54, 1.807) is 28.6 Å². The van der Waals surface area contributed by atoms with Crippen LogP contribution in [0.25, 0.3) is 11.1 Å². The van der Waals surface area contributed by atoms with Gasteiger partial charge in [0.25, 0.3) is 0 Å². The van der Waals surface area contributed by atoms with Crippen molar-refractivity contribution in [2.24, 2.45) is 5.92 Å². The number of nitrogens with one attached hydrogen (secondary N) is 1. The number of carbonyl (C=O) groups excluding carboxylic acids is 1. The standard InChI is InChI=1S/C43H55F3N4O6S/c1-41(2,3)56-40(51)47-36-21-23-49(24-22-36)42(30-55-42)39-28-48(27-31-9-11-33(12-10-31)34-13-15-35(16-14-34)43(44,45)46)25-26-50(39)57(52,53)38-19-17-37(18-20-38)54-29-32-7-5-4-6-8-32/h9-20,32,36,39H,4-8,21-30H2,1-3H3,(H,47,51)/t39-,42?/m0/s1. The molecule has 1 aliphatic carbocycles. The third-order valence-corrected chi connectivity index (χ3v) is 13.6. The third-order valence-electron chi connectivity index (χ3n) is 11.7. The van der Waals surface area contributed by atoms with Crippen molar-refractivity contribution >= 4 is 16.1 Å². The Labute approximate surface area is 334 Å². The minimum absolute atomic E-state index is 0.0704. The zero-order chi connectivity index (χ0) is 40.4. The SMILES string of the molecule is CC(C)(C)OC(=O)NC1CCN(C2([C@@H]3CN(Cc4ccc(-c5ccc(C(F)(F)F)cc5)cc4)CCN3S(=O)(=O)c3ccc(OCC4CCCCC4)cc3)CO2)CC1. The number of nitrogens with zero attached hydrogens (tertiary/aromatic N) is 3. The number of rotatable bonds is 11. The van der Waals surface area contributed by atoms with E-state index in [0.29, 0.717) is 76.0 Å². The Morgan fingerprint density at radius 1 is 0.842 bits per heavy atom. The van der Waals surface area contributed by atoms with Crippen LogP contribution in [0.3, 0.4) is 0 Å². The van der Waals surface area contributed by atoms with Gasteiger partial charge in [0.2, 0.25) is 10.0 Å². The van der Waals surface area contributed by atoms with Crippen LogP contribution in [0.4, 0.5) is 18.0 Å². The molecule has 1 saturated carbocycles. The van der Waals surface area contributed by atoms with Gasteiger partial charge in [-0.25, -0.2) is 13.2 Å². The van der Waals surface area contributed by atoms with Crippen LogP contribution in [-0.2, 0) is 32.2 Å². The lowest BCUT2D eigenvalue weighted by atomic mass is 9.90. The average molecular weight is 813 g/mol. The molecule has 3 aliphatic heterocycles. The van der Waals surface area contributed by atoms with Gasteiger partial charge in [0.05, 0.1) is 29.7 Å². The molecule has 2 atom stereocenters. The van der Waals surface area contributed by atoms with Crippen molar-refractivity contribution in [1.82, 2.24) is 19.4 Å². The van der Waals surface area contributed by atoms with Gasteiger partial charge in [0.15, 0.2) is 5.72 Å². The van der Waals surface area contributed by atoms with E-state index in [1.807, 2.05) is 45.0 Å². The van der Waals surface area contributed by atoms with Crippen LogP contribution < -0.4 is 10.1 Å². The molecule has 3 aromatic carbocycles. The summed E-state index contributed by atoms with van der Waals surface area (Å²) in [6, 6.07) is 19.1. The van der Waals surface area contributed by atoms with Gasteiger partial charge in [0, 0.05) is 45.3 Å². The minimum Gasteiger partial charge on any atom is -0.493 e. The van der Waals surface area contributed by atoms with Crippen molar-refractivity contribution in [3.05, 3.63) is 83.9 Å². The molecular formula is C43H55F3N4O6S. The van der Waals surface area contributed by atoms with Gasteiger partial charge in [-0.15, -0.1) is 0 Å². The molecule has 1 unspecified atom stereocenters. The number of amides is 1. The molecule has 1 amide bonds. The topological polar surface area (TPSA) is 104 Å². The highest BCUT2D eigenvalue weighted by atomic mass is 32.2. The van der Waals surface area contributed by atoms with E-state index in [-0.39, 0.29) is 17.5 Å². The largest absolute Gasteiger partial charge is 0.493 e. The van der Waals surface area contributed by atoms with E-state index in [2.05, 4.69) is 15.1 Å². The summed E-state index contributed by atoms with van der Waals surface area (Å²) in [6.45, 7) is 9.48. The van der Waals surface area contributed by atoms with E-state index in [4.69, 9.17) is 14.2 Å². The fourth-order valence-corrected chi connectivity index (χ4v) is 10.1. The summed E-state index contributed by atoms with van der Waals surface area (Å²) in [6.07, 6.45) is 2.55. The third kappa shape index (κ3) is 10.1. The Balaban J connectivity index is 1.06. The van der Waals surface area contributed by atoms with Crippen molar-refractivity contribution in [3.63, 3.8) is 0 Å². The zero-order valence-corrected chi connectivity index (χ0v) is 33.9. The molecule has 14 heteroatoms. The second-order valence-corrected chi connectivity index (χ2v) is 18.9. The van der Waals surface area contributed by atoms with Crippen LogP contribution in [0.15, 0.2) is 77.7 Å². The number of epoxide rings is 1. The van der Waals surface area contributed by atoms with E-state index in [1.165, 1.54) is 31.4 Å². The molecule has 4 aliphatic rings. The van der Waals surface area contributed by atoms with Crippen LogP contribution in [0.5, 0.6) is 5.75 Å². The molecule has 3 aromatic rings. The van der Waals surface area contributed by atoms with Crippen LogP contribution >= 0.6 is 0 Å². The number of piperidine rings is 1. The maximum Gasteiger partial charge on any atom is 0.416 e. The summed E-state index contributed by atoms with van der Waals surface area (Å²) in [4.78, 5) is 17.2. The van der Waals surface area contributed by atoms with E-state index >= 15 is 0 Å². The monoisotopic (exact) mass is 812 g/mol. The van der Waals surface area contributed by atoms with Crippen LogP contribution in [0.1, 0.15) is 76.8 Å². The van der Waals surface area contributed by atoms with Gasteiger partial charge in [-0.1, -0.05) is 55.7 Å². The summed E-state index contributed by atoms with van der Waals surface area (Å²) in [5.74, 6) is 1.19. The number of carbonyl (C=O) groups is 1. The first-order valence-corrected chi connectivity index (χ1v) is 21.7. The molecule has 10 nitrogen and oxygen atoms in total. The molecule has 0 radical (unpaired) electrons. The van der Waals surface area contributed by atoms with Crippen molar-refractivity contribution in [3.8, 4) is 16.9 Å². The van der Waals surface area contributed by atoms with Gasteiger partial charge < -0.3 is 19.5 Å². The molecule has 7 rings (SSSR count). The first-order chi connectivity index (χ1) is 27.1. The highest BCUT2D eigenvalue weighted by Gasteiger charge is 2.61. The highest BCUT2D eigenvalue weighted by Crippen LogP contribution is 2.43. The van der Waals surface area contributed by atoms with Crippen molar-refractivity contribution in [1.29, 1.82) is 0 Å². The lowest BCUT2D eigenvalue weighted by molar-refractivity contribution is -0.137. The van der Waals surface area contributed by atoms with Gasteiger partial charge >= 0.3 is 12.3 Å². The number of hydrogen-bond acceptors (Lipinski definition) is 8. The summed E-state index contributed by atoms with van der Waals surface area (Å²) in [5.41, 5.74) is 0.391. The Bertz CT molecular complexity index is 1920. The number of piperazine rings is 1. The van der Waals surface area contributed by atoms with Gasteiger partial charge in [0.1, 0.15) is 11.4 Å². The molecule has 0 spiro atoms. The second kappa shape index (κ2) is 16.9. The molecule has 310 valence electrons. The Kier molecular flexibility index (Phi) is 12.3. The van der Waals surface area contributed by atoms with Gasteiger partial charge in [-0.2, -0.15) is 17.5 Å². The second-order valence-electron chi connectivity index (χ2n) is 17.0. The minimum atomic E-state index is -4.39. The summed E-state index contributed by atoms with van der Waals surface area (Å²) in [5, 5.41) is 2.99. The van der Waals surface area contributed by atoms with Crippen molar-refractivity contribution in [2.45, 2.75) is 107 Å². The number of hydrogen-bond donors (Lipinski definition) is 1. The maximum atomic E-state index is 14.5. The van der Waals surface area contributed by atoms with E-state index < -0.39 is 45.2 Å². The summed E-state index contributed by atoms with van der Waals surface area (Å²) in [7, 11) is -3.93. The van der Waals surface area contributed by atoms with E-state index in [0.717, 1.165) is 36.1 Å². The predicted molar refractivity (Wildman–Crippen MR) is 211 cm³/mol. The molecule has 0 aromatic heterocycles. The molecule has 4 fully saturated rings. The van der Waals surface area contributed by atoms with Crippen molar-refractivity contribution < 1.29 is 40.6 Å². The lowest BCUT2D eigenvalue weighted by Crippen LogP contribution is -2.65. The Morgan fingerprint density at radius 2 is 1.46 bits per heavy atom. The number of sulfonamides is 1. The number of benzene rings is 3. The molecule has 1 N–H and O–H groups in total. The first kappa shape index (κ1) is 41.5. The van der Waals surface area contributed by atoms with Crippen molar-refractivity contribution in [2.75, 3.05) is 45.9 Å². The smallest absolute Gasteiger partial charge is 0.416 e. The lowest BCUT2D eigenvalue weighted by Gasteiger charge is -2.47. The quantitative estimate of drug-likeness (QED) is 0.195. The zero-order valence-electron chi connectivity index (χ0n) is 33.1. The highest BCUT2D eigenvalue weighted by molar-refractivity contribution is 7.89. The summed E-state index contributed by atoms with van der Waals surface area (Å²) < 4.78 is 87.9. The maximum absolute atomic E-state index is 14.5. The van der Waals surface area contributed by atoms with Crippen LogP contribution in [0, 0.1) is 5.92 Å². The molecule has 57 heavy (non-hydrogen) atoms. The molecule has 3 heterocycles.